The largest absolute Gasteiger partial charge is 0.328 e. The van der Waals surface area contributed by atoms with E-state index in [1.165, 1.54) is 6.07 Å². The molecule has 1 N–H and O–H groups in total. The van der Waals surface area contributed by atoms with Crippen LogP contribution in [0.5, 0.6) is 0 Å². The monoisotopic (exact) mass is 294 g/mol. The first-order valence-corrected chi connectivity index (χ1v) is 6.44. The fourth-order valence-electron chi connectivity index (χ4n) is 2.35. The topological polar surface area (TPSA) is 38.5 Å². The molecule has 3 rings (SSSR count). The normalized spacial score (nSPS) is 11.4. The molecule has 0 radical (unpaired) electrons. The van der Waals surface area contributed by atoms with Gasteiger partial charge in [-0.2, -0.15) is 5.10 Å². The number of hydrogen-bond acceptors (Lipinski definition) is 2. The molecule has 104 valence electrons. The van der Waals surface area contributed by atoms with Crippen molar-refractivity contribution in [1.82, 2.24) is 19.3 Å². The number of nitrogens with zero attached hydrogens (tertiary/aromatic N) is 3. The fraction of sp³-hybridized carbons (Fsp3) is 0.231. The van der Waals surface area contributed by atoms with Crippen LogP contribution in [0, 0.1) is 23.3 Å². The molecule has 0 bridgehead atoms. The van der Waals surface area contributed by atoms with Crippen LogP contribution in [-0.4, -0.2) is 19.3 Å². The Hall–Kier alpha value is -2.02. The second-order valence-corrected chi connectivity index (χ2v) is 5.05. The maximum absolute atomic E-state index is 13.8. The first-order valence-electron chi connectivity index (χ1n) is 6.03. The zero-order chi connectivity index (χ0) is 14.4. The lowest BCUT2D eigenvalue weighted by atomic mass is 10.2. The van der Waals surface area contributed by atoms with Gasteiger partial charge in [0.25, 0.3) is 0 Å². The molecule has 0 aliphatic heterocycles. The van der Waals surface area contributed by atoms with Crippen LogP contribution >= 0.6 is 12.2 Å². The zero-order valence-corrected chi connectivity index (χ0v) is 11.8. The number of aromatic amines is 1. The number of aromatic nitrogens is 4. The maximum Gasteiger partial charge on any atom is 0.179 e. The fourth-order valence-corrected chi connectivity index (χ4v) is 2.61. The summed E-state index contributed by atoms with van der Waals surface area (Å²) in [6, 6.07) is 3.39. The van der Waals surface area contributed by atoms with Gasteiger partial charge in [-0.3, -0.25) is 9.25 Å². The van der Waals surface area contributed by atoms with Gasteiger partial charge in [0.15, 0.2) is 10.4 Å². The Kier molecular flexibility index (Phi) is 2.93. The number of rotatable bonds is 2. The van der Waals surface area contributed by atoms with Crippen LogP contribution in [0.3, 0.4) is 0 Å². The van der Waals surface area contributed by atoms with Crippen LogP contribution in [0.15, 0.2) is 18.2 Å². The molecule has 1 aromatic carbocycles. The molecule has 0 saturated heterocycles. The smallest absolute Gasteiger partial charge is 0.179 e. The molecule has 0 saturated carbocycles. The van der Waals surface area contributed by atoms with E-state index in [0.717, 1.165) is 29.0 Å². The number of imidazole rings is 1. The summed E-state index contributed by atoms with van der Waals surface area (Å²) in [5.41, 5.74) is 2.64. The summed E-state index contributed by atoms with van der Waals surface area (Å²) >= 11 is 5.25. The van der Waals surface area contributed by atoms with E-state index in [1.807, 2.05) is 6.92 Å². The van der Waals surface area contributed by atoms with Crippen molar-refractivity contribution in [2.24, 2.45) is 7.05 Å². The highest BCUT2D eigenvalue weighted by atomic mass is 32.1. The molecule has 0 aliphatic carbocycles. The number of aryl methyl sites for hydroxylation is 2. The quantitative estimate of drug-likeness (QED) is 0.738. The molecule has 0 unspecified atom stereocenters. The van der Waals surface area contributed by atoms with Crippen molar-refractivity contribution in [3.8, 4) is 0 Å². The first-order chi connectivity index (χ1) is 9.47. The minimum absolute atomic E-state index is 0.154. The third-order valence-electron chi connectivity index (χ3n) is 3.26. The molecule has 2 heterocycles. The average Bonchev–Trinajstić information content (AvgIpc) is 2.84. The summed E-state index contributed by atoms with van der Waals surface area (Å²) in [6.45, 7) is 2.02. The van der Waals surface area contributed by atoms with Gasteiger partial charge in [-0.15, -0.1) is 0 Å². The van der Waals surface area contributed by atoms with Gasteiger partial charge in [0, 0.05) is 12.6 Å². The van der Waals surface area contributed by atoms with E-state index in [0.29, 0.717) is 4.77 Å². The van der Waals surface area contributed by atoms with Gasteiger partial charge < -0.3 is 4.98 Å². The predicted octanol–water partition coefficient (Wildman–Crippen LogP) is 3.07. The molecule has 0 aliphatic rings. The van der Waals surface area contributed by atoms with E-state index >= 15 is 0 Å². The second kappa shape index (κ2) is 4.52. The molecule has 7 heteroatoms. The molecule has 3 aromatic rings. The van der Waals surface area contributed by atoms with E-state index in [9.17, 15) is 8.78 Å². The molecule has 0 fully saturated rings. The van der Waals surface area contributed by atoms with E-state index in [1.54, 1.807) is 16.3 Å². The summed E-state index contributed by atoms with van der Waals surface area (Å²) in [6.07, 6.45) is 0. The van der Waals surface area contributed by atoms with Crippen molar-refractivity contribution in [3.63, 3.8) is 0 Å². The van der Waals surface area contributed by atoms with Crippen molar-refractivity contribution in [2.75, 3.05) is 0 Å². The van der Waals surface area contributed by atoms with Crippen LogP contribution in [0.25, 0.3) is 11.2 Å². The van der Waals surface area contributed by atoms with Crippen LogP contribution in [-0.2, 0) is 13.6 Å². The molecule has 0 amide bonds. The van der Waals surface area contributed by atoms with Crippen molar-refractivity contribution in [2.45, 2.75) is 13.5 Å². The molecule has 20 heavy (non-hydrogen) atoms. The van der Waals surface area contributed by atoms with Crippen LogP contribution in [0.4, 0.5) is 8.78 Å². The number of nitrogens with one attached hydrogen (secondary N) is 1. The summed E-state index contributed by atoms with van der Waals surface area (Å²) in [5.74, 6) is -0.928. The Bertz CT molecular complexity index is 859. The highest BCUT2D eigenvalue weighted by Crippen LogP contribution is 2.19. The lowest BCUT2D eigenvalue weighted by Gasteiger charge is -2.06. The Morgan fingerprint density at radius 3 is 2.85 bits per heavy atom. The molecular formula is C13H12F2N4S. The zero-order valence-electron chi connectivity index (χ0n) is 10.9. The highest BCUT2D eigenvalue weighted by molar-refractivity contribution is 7.71. The van der Waals surface area contributed by atoms with Gasteiger partial charge in [-0.25, -0.2) is 8.78 Å². The van der Waals surface area contributed by atoms with E-state index in [2.05, 4.69) is 10.1 Å². The Labute approximate surface area is 118 Å². The molecule has 0 atom stereocenters. The van der Waals surface area contributed by atoms with E-state index in [4.69, 9.17) is 12.2 Å². The van der Waals surface area contributed by atoms with Crippen molar-refractivity contribution in [3.05, 3.63) is 45.9 Å². The lowest BCUT2D eigenvalue weighted by molar-refractivity contribution is 0.576. The first kappa shape index (κ1) is 13.0. The van der Waals surface area contributed by atoms with Crippen LogP contribution < -0.4 is 0 Å². The van der Waals surface area contributed by atoms with E-state index < -0.39 is 11.6 Å². The van der Waals surface area contributed by atoms with Gasteiger partial charge in [-0.05, 0) is 37.3 Å². The van der Waals surface area contributed by atoms with Crippen LogP contribution in [0.2, 0.25) is 0 Å². The van der Waals surface area contributed by atoms with Crippen LogP contribution in [0.1, 0.15) is 11.3 Å². The van der Waals surface area contributed by atoms with Crippen molar-refractivity contribution < 1.29 is 8.78 Å². The number of hydrogen-bond donors (Lipinski definition) is 1. The Balaban J connectivity index is 2.18. The van der Waals surface area contributed by atoms with Crippen molar-refractivity contribution in [1.29, 1.82) is 0 Å². The molecule has 4 nitrogen and oxygen atoms in total. The Morgan fingerprint density at radius 2 is 2.10 bits per heavy atom. The molecule has 2 aromatic heterocycles. The average molecular weight is 294 g/mol. The maximum atomic E-state index is 13.8. The van der Waals surface area contributed by atoms with Crippen molar-refractivity contribution >= 4 is 23.4 Å². The standard InChI is InChI=1S/C13H12F2N4S/c1-7-11-12(18(2)17-7)19(13(20)16-11)6-8-5-9(14)3-4-10(8)15/h3-5H,6H2,1-2H3,(H,16,20). The number of halogens is 2. The molecular weight excluding hydrogens is 282 g/mol. The highest BCUT2D eigenvalue weighted by Gasteiger charge is 2.14. The summed E-state index contributed by atoms with van der Waals surface area (Å²) in [7, 11) is 1.79. The predicted molar refractivity (Wildman–Crippen MR) is 74.1 cm³/mol. The minimum atomic E-state index is -0.471. The van der Waals surface area contributed by atoms with Gasteiger partial charge >= 0.3 is 0 Å². The van der Waals surface area contributed by atoms with Gasteiger partial charge in [0.1, 0.15) is 17.2 Å². The van der Waals surface area contributed by atoms with Gasteiger partial charge in [0.2, 0.25) is 0 Å². The lowest BCUT2D eigenvalue weighted by Crippen LogP contribution is -2.06. The molecule has 0 spiro atoms. The Morgan fingerprint density at radius 1 is 1.35 bits per heavy atom. The van der Waals surface area contributed by atoms with Gasteiger partial charge in [0.05, 0.1) is 12.2 Å². The summed E-state index contributed by atoms with van der Waals surface area (Å²) in [5, 5.41) is 4.28. The second-order valence-electron chi connectivity index (χ2n) is 4.66. The SMILES string of the molecule is Cc1nn(C)c2c1[nH]c(=S)n2Cc1cc(F)ccc1F. The minimum Gasteiger partial charge on any atom is -0.328 e. The third-order valence-corrected chi connectivity index (χ3v) is 3.58. The summed E-state index contributed by atoms with van der Waals surface area (Å²) < 4.78 is 30.8. The number of H-pyrrole nitrogens is 1. The number of benzene rings is 1. The third kappa shape index (κ3) is 1.94. The summed E-state index contributed by atoms with van der Waals surface area (Å²) in [4.78, 5) is 3.05. The number of fused-ring (bicyclic) bond motifs is 1. The van der Waals surface area contributed by atoms with Gasteiger partial charge in [-0.1, -0.05) is 0 Å². The van der Waals surface area contributed by atoms with E-state index in [-0.39, 0.29) is 12.1 Å².